The Balaban J connectivity index is 0.00000132. The van der Waals surface area contributed by atoms with E-state index in [1.54, 1.807) is 24.3 Å². The van der Waals surface area contributed by atoms with Crippen molar-refractivity contribution < 1.29 is 4.79 Å². The lowest BCUT2D eigenvalue weighted by Gasteiger charge is -2.00. The van der Waals surface area contributed by atoms with E-state index in [0.717, 1.165) is 22.2 Å². The number of primary amides is 1. The summed E-state index contributed by atoms with van der Waals surface area (Å²) in [4.78, 5) is 14.5. The number of nitrogens with two attached hydrogens (primary N) is 2. The van der Waals surface area contributed by atoms with Gasteiger partial charge in [-0.15, -0.1) is 24.8 Å². The van der Waals surface area contributed by atoms with Crippen molar-refractivity contribution in [2.45, 2.75) is 0 Å². The molecule has 3 aromatic rings. The second kappa shape index (κ2) is 7.17. The molecule has 0 unspecified atom stereocenters. The Morgan fingerprint density at radius 1 is 0.913 bits per heavy atom. The van der Waals surface area contributed by atoms with Gasteiger partial charge in [-0.2, -0.15) is 0 Å². The highest BCUT2D eigenvalue weighted by molar-refractivity contribution is 5.98. The van der Waals surface area contributed by atoms with E-state index in [4.69, 9.17) is 16.9 Å². The van der Waals surface area contributed by atoms with Crippen LogP contribution in [0.1, 0.15) is 15.9 Å². The summed E-state index contributed by atoms with van der Waals surface area (Å²) in [6, 6.07) is 14.7. The number of carbonyl (C=O) groups is 1. The Morgan fingerprint density at radius 2 is 1.52 bits per heavy atom. The van der Waals surface area contributed by atoms with Crippen molar-refractivity contribution in [1.82, 2.24) is 4.98 Å². The predicted octanol–water partition coefficient (Wildman–Crippen LogP) is 3.06. The van der Waals surface area contributed by atoms with Crippen molar-refractivity contribution in [2.75, 3.05) is 0 Å². The van der Waals surface area contributed by atoms with E-state index in [2.05, 4.69) is 4.98 Å². The third-order valence-electron chi connectivity index (χ3n) is 3.41. The number of amides is 1. The summed E-state index contributed by atoms with van der Waals surface area (Å²) in [5.74, 6) is -0.400. The fraction of sp³-hybridized carbons (Fsp3) is 0. The van der Waals surface area contributed by atoms with Crippen molar-refractivity contribution in [2.24, 2.45) is 11.5 Å². The van der Waals surface area contributed by atoms with Crippen LogP contribution >= 0.6 is 24.8 Å². The number of aromatic nitrogens is 1. The van der Waals surface area contributed by atoms with Gasteiger partial charge in [-0.05, 0) is 23.8 Å². The first-order chi connectivity index (χ1) is 10.0. The molecule has 7 heteroatoms. The third-order valence-corrected chi connectivity index (χ3v) is 3.41. The number of aromatic amines is 1. The van der Waals surface area contributed by atoms with E-state index in [1.165, 1.54) is 0 Å². The van der Waals surface area contributed by atoms with Crippen molar-refractivity contribution in [3.05, 3.63) is 59.7 Å². The molecule has 0 atom stereocenters. The number of amidine groups is 1. The van der Waals surface area contributed by atoms with Crippen LogP contribution in [0, 0.1) is 5.41 Å². The Labute approximate surface area is 145 Å². The van der Waals surface area contributed by atoms with Gasteiger partial charge in [-0.1, -0.05) is 30.3 Å². The van der Waals surface area contributed by atoms with Crippen LogP contribution in [0.25, 0.3) is 22.2 Å². The molecule has 0 radical (unpaired) electrons. The Hall–Kier alpha value is -2.50. The van der Waals surface area contributed by atoms with Crippen LogP contribution in [-0.4, -0.2) is 16.7 Å². The van der Waals surface area contributed by atoms with Crippen LogP contribution in [0.3, 0.4) is 0 Å². The van der Waals surface area contributed by atoms with E-state index in [-0.39, 0.29) is 30.6 Å². The molecule has 5 nitrogen and oxygen atoms in total. The number of nitrogen functional groups attached to an aromatic ring is 1. The number of carbonyl (C=O) groups excluding carboxylic acids is 1. The van der Waals surface area contributed by atoms with Crippen LogP contribution in [0.5, 0.6) is 0 Å². The number of rotatable bonds is 3. The van der Waals surface area contributed by atoms with Crippen LogP contribution in [0.2, 0.25) is 0 Å². The largest absolute Gasteiger partial charge is 0.384 e. The zero-order valence-corrected chi connectivity index (χ0v) is 13.6. The third kappa shape index (κ3) is 3.64. The fourth-order valence-corrected chi connectivity index (χ4v) is 2.27. The lowest BCUT2D eigenvalue weighted by molar-refractivity contribution is 0.100. The lowest BCUT2D eigenvalue weighted by atomic mass is 10.1. The van der Waals surface area contributed by atoms with Crippen LogP contribution in [-0.2, 0) is 0 Å². The first-order valence-electron chi connectivity index (χ1n) is 6.42. The van der Waals surface area contributed by atoms with Gasteiger partial charge in [0.25, 0.3) is 0 Å². The Kier molecular flexibility index (Phi) is 5.79. The monoisotopic (exact) mass is 350 g/mol. The molecule has 0 saturated carbocycles. The number of halogens is 2. The minimum absolute atomic E-state index is 0. The highest BCUT2D eigenvalue weighted by Crippen LogP contribution is 2.25. The minimum Gasteiger partial charge on any atom is -0.384 e. The first kappa shape index (κ1) is 18.5. The fourth-order valence-electron chi connectivity index (χ4n) is 2.27. The molecule has 0 aliphatic rings. The van der Waals surface area contributed by atoms with Crippen LogP contribution < -0.4 is 11.5 Å². The maximum absolute atomic E-state index is 11.2. The van der Waals surface area contributed by atoms with E-state index >= 15 is 0 Å². The van der Waals surface area contributed by atoms with E-state index in [0.29, 0.717) is 11.1 Å². The average molecular weight is 351 g/mol. The summed E-state index contributed by atoms with van der Waals surface area (Å²) >= 11 is 0. The molecule has 23 heavy (non-hydrogen) atoms. The molecule has 0 aliphatic carbocycles. The van der Waals surface area contributed by atoms with Gasteiger partial charge in [0, 0.05) is 27.7 Å². The van der Waals surface area contributed by atoms with Gasteiger partial charge in [0.15, 0.2) is 0 Å². The highest BCUT2D eigenvalue weighted by Gasteiger charge is 2.07. The standard InChI is InChI=1S/C16H14N4O.2ClH/c17-15(18)10-3-1-9(2-4-10)13-7-11-5-6-12(16(19)21)8-14(11)20-13;;/h1-8,20H,(H3,17,18)(H2,19,21);2*1H. The number of H-pyrrole nitrogens is 1. The molecule has 2 aromatic carbocycles. The number of fused-ring (bicyclic) bond motifs is 1. The molecule has 6 N–H and O–H groups in total. The van der Waals surface area contributed by atoms with Gasteiger partial charge in [0.1, 0.15) is 5.84 Å². The molecule has 1 aromatic heterocycles. The van der Waals surface area contributed by atoms with Gasteiger partial charge in [0.2, 0.25) is 5.91 Å². The number of hydrogen-bond donors (Lipinski definition) is 4. The summed E-state index contributed by atoms with van der Waals surface area (Å²) in [5.41, 5.74) is 14.7. The summed E-state index contributed by atoms with van der Waals surface area (Å²) in [6.07, 6.45) is 0. The second-order valence-corrected chi connectivity index (χ2v) is 4.84. The molecule has 3 rings (SSSR count). The van der Waals surface area contributed by atoms with Crippen LogP contribution in [0.15, 0.2) is 48.5 Å². The maximum Gasteiger partial charge on any atom is 0.248 e. The van der Waals surface area contributed by atoms with Gasteiger partial charge >= 0.3 is 0 Å². The van der Waals surface area contributed by atoms with Crippen molar-refractivity contribution in [3.63, 3.8) is 0 Å². The average Bonchev–Trinajstić information content (AvgIpc) is 2.90. The Morgan fingerprint density at radius 3 is 2.09 bits per heavy atom. The molecule has 0 aliphatic heterocycles. The molecule has 0 bridgehead atoms. The van der Waals surface area contributed by atoms with Gasteiger partial charge in [0.05, 0.1) is 0 Å². The SMILES string of the molecule is Cl.Cl.N=C(N)c1ccc(-c2cc3ccc(C(N)=O)cc3[nH]2)cc1. The summed E-state index contributed by atoms with van der Waals surface area (Å²) in [7, 11) is 0. The van der Waals surface area contributed by atoms with Gasteiger partial charge < -0.3 is 16.5 Å². The van der Waals surface area contributed by atoms with Crippen molar-refractivity contribution in [3.8, 4) is 11.3 Å². The van der Waals surface area contributed by atoms with Crippen LogP contribution in [0.4, 0.5) is 0 Å². The van der Waals surface area contributed by atoms with E-state index in [9.17, 15) is 4.79 Å². The molecular weight excluding hydrogens is 335 g/mol. The summed E-state index contributed by atoms with van der Waals surface area (Å²) in [5, 5.41) is 8.39. The van der Waals surface area contributed by atoms with Gasteiger partial charge in [-0.25, -0.2) is 0 Å². The van der Waals surface area contributed by atoms with E-state index < -0.39 is 5.91 Å². The highest BCUT2D eigenvalue weighted by atomic mass is 35.5. The second-order valence-electron chi connectivity index (χ2n) is 4.84. The summed E-state index contributed by atoms with van der Waals surface area (Å²) in [6.45, 7) is 0. The van der Waals surface area contributed by atoms with Crippen molar-refractivity contribution in [1.29, 1.82) is 5.41 Å². The zero-order valence-electron chi connectivity index (χ0n) is 12.0. The number of benzene rings is 2. The predicted molar refractivity (Wildman–Crippen MR) is 97.8 cm³/mol. The van der Waals surface area contributed by atoms with Crippen molar-refractivity contribution >= 4 is 47.5 Å². The smallest absolute Gasteiger partial charge is 0.248 e. The molecule has 120 valence electrons. The molecule has 0 saturated heterocycles. The molecule has 0 fully saturated rings. The topological polar surface area (TPSA) is 109 Å². The molecule has 1 heterocycles. The lowest BCUT2D eigenvalue weighted by Crippen LogP contribution is -2.10. The Bertz CT molecular complexity index is 856. The van der Waals surface area contributed by atoms with Gasteiger partial charge in [-0.3, -0.25) is 10.2 Å². The number of hydrogen-bond acceptors (Lipinski definition) is 2. The summed E-state index contributed by atoms with van der Waals surface area (Å²) < 4.78 is 0. The first-order valence-corrected chi connectivity index (χ1v) is 6.42. The molecular formula is C16H16Cl2N4O. The zero-order chi connectivity index (χ0) is 15.0. The normalized spacial score (nSPS) is 9.74. The minimum atomic E-state index is -0.445. The molecule has 1 amide bonds. The molecule has 0 spiro atoms. The number of nitrogens with one attached hydrogen (secondary N) is 2. The maximum atomic E-state index is 11.2. The van der Waals surface area contributed by atoms with E-state index in [1.807, 2.05) is 24.3 Å². The quantitative estimate of drug-likeness (QED) is 0.430.